The third-order valence-electron chi connectivity index (χ3n) is 4.70. The van der Waals surface area contributed by atoms with E-state index >= 15 is 0 Å². The van der Waals surface area contributed by atoms with Crippen LogP contribution in [0, 0.1) is 0 Å². The van der Waals surface area contributed by atoms with Crippen LogP contribution in [0.4, 0.5) is 0 Å². The number of allylic oxidation sites excluding steroid dienone is 7. The van der Waals surface area contributed by atoms with Crippen LogP contribution in [0.3, 0.4) is 0 Å². The number of carbonyl (C=O) groups excluding carboxylic acids is 1. The highest BCUT2D eigenvalue weighted by atomic mass is 16.5. The molecule has 3 nitrogen and oxygen atoms in total. The Balaban J connectivity index is 2.24. The summed E-state index contributed by atoms with van der Waals surface area (Å²) in [5.41, 5.74) is 6.04. The predicted molar refractivity (Wildman–Crippen MR) is 123 cm³/mol. The maximum Gasteiger partial charge on any atom is 0.340 e. The summed E-state index contributed by atoms with van der Waals surface area (Å²) in [4.78, 5) is 15.8. The van der Waals surface area contributed by atoms with Gasteiger partial charge in [-0.15, -0.1) is 0 Å². The molecule has 0 saturated carbocycles. The van der Waals surface area contributed by atoms with Crippen LogP contribution in [0.15, 0.2) is 71.1 Å². The lowest BCUT2D eigenvalue weighted by atomic mass is 10.0. The minimum Gasteiger partial charge on any atom is -0.458 e. The van der Waals surface area contributed by atoms with E-state index in [4.69, 9.17) is 4.74 Å². The number of aromatic nitrogens is 1. The maximum absolute atomic E-state index is 11.9. The number of hydrogen-bond acceptors (Lipinski definition) is 3. The van der Waals surface area contributed by atoms with E-state index in [9.17, 15) is 4.79 Å². The second-order valence-corrected chi connectivity index (χ2v) is 7.89. The SMILES string of the molecule is CC(C)=CCCC(C)=CCCC(C)=CCCC(C)=CCOC(=O)c1cccnc1. The van der Waals surface area contributed by atoms with Gasteiger partial charge in [-0.2, -0.15) is 0 Å². The minimum atomic E-state index is -0.331. The summed E-state index contributed by atoms with van der Waals surface area (Å²) in [6, 6.07) is 3.44. The molecular formula is C26H37NO2. The molecule has 1 rings (SSSR count). The molecule has 0 aliphatic rings. The van der Waals surface area contributed by atoms with Crippen molar-refractivity contribution in [2.24, 2.45) is 0 Å². The summed E-state index contributed by atoms with van der Waals surface area (Å²) < 4.78 is 5.26. The average molecular weight is 396 g/mol. The fourth-order valence-electron chi connectivity index (χ4n) is 2.81. The average Bonchev–Trinajstić information content (AvgIpc) is 2.68. The zero-order valence-electron chi connectivity index (χ0n) is 18.8. The maximum atomic E-state index is 11.9. The van der Waals surface area contributed by atoms with E-state index in [1.165, 1.54) is 28.5 Å². The van der Waals surface area contributed by atoms with Crippen LogP contribution in [0.5, 0.6) is 0 Å². The molecule has 0 unspecified atom stereocenters. The topological polar surface area (TPSA) is 39.2 Å². The quantitative estimate of drug-likeness (QED) is 0.274. The summed E-state index contributed by atoms with van der Waals surface area (Å²) in [5, 5.41) is 0. The zero-order valence-corrected chi connectivity index (χ0v) is 18.8. The summed E-state index contributed by atoms with van der Waals surface area (Å²) in [7, 11) is 0. The van der Waals surface area contributed by atoms with Crippen molar-refractivity contribution >= 4 is 5.97 Å². The Hall–Kier alpha value is -2.42. The van der Waals surface area contributed by atoms with Crippen molar-refractivity contribution in [1.29, 1.82) is 0 Å². The minimum absolute atomic E-state index is 0.305. The van der Waals surface area contributed by atoms with Crippen molar-refractivity contribution in [3.8, 4) is 0 Å². The monoisotopic (exact) mass is 395 g/mol. The highest BCUT2D eigenvalue weighted by molar-refractivity contribution is 5.88. The van der Waals surface area contributed by atoms with Crippen LogP contribution in [0.25, 0.3) is 0 Å². The molecule has 1 heterocycles. The molecule has 0 fully saturated rings. The zero-order chi connectivity index (χ0) is 21.5. The van der Waals surface area contributed by atoms with E-state index < -0.39 is 0 Å². The molecular weight excluding hydrogens is 358 g/mol. The van der Waals surface area contributed by atoms with Gasteiger partial charge in [0.05, 0.1) is 5.56 Å². The van der Waals surface area contributed by atoms with Gasteiger partial charge < -0.3 is 4.74 Å². The van der Waals surface area contributed by atoms with Crippen molar-refractivity contribution < 1.29 is 9.53 Å². The molecule has 0 aromatic carbocycles. The third-order valence-corrected chi connectivity index (χ3v) is 4.70. The molecule has 0 radical (unpaired) electrons. The Morgan fingerprint density at radius 3 is 1.93 bits per heavy atom. The first kappa shape index (κ1) is 24.6. The van der Waals surface area contributed by atoms with Crippen molar-refractivity contribution in [2.45, 2.75) is 73.1 Å². The van der Waals surface area contributed by atoms with Crippen LogP contribution in [0.2, 0.25) is 0 Å². The summed E-state index contributed by atoms with van der Waals surface area (Å²) >= 11 is 0. The van der Waals surface area contributed by atoms with Crippen LogP contribution in [0.1, 0.15) is 83.5 Å². The fraction of sp³-hybridized carbons (Fsp3) is 0.462. The van der Waals surface area contributed by atoms with Crippen molar-refractivity contribution in [3.63, 3.8) is 0 Å². The number of nitrogens with zero attached hydrogens (tertiary/aromatic N) is 1. The normalized spacial score (nSPS) is 12.7. The Kier molecular flexibility index (Phi) is 12.4. The van der Waals surface area contributed by atoms with Gasteiger partial charge in [0.15, 0.2) is 0 Å². The van der Waals surface area contributed by atoms with Crippen LogP contribution in [-0.4, -0.2) is 17.6 Å². The van der Waals surface area contributed by atoms with Gasteiger partial charge in [0.1, 0.15) is 6.61 Å². The number of esters is 1. The number of ether oxygens (including phenoxy) is 1. The lowest BCUT2D eigenvalue weighted by Crippen LogP contribution is -2.05. The Morgan fingerprint density at radius 2 is 1.41 bits per heavy atom. The van der Waals surface area contributed by atoms with Crippen molar-refractivity contribution in [3.05, 3.63) is 76.7 Å². The van der Waals surface area contributed by atoms with Crippen molar-refractivity contribution in [2.75, 3.05) is 6.61 Å². The molecule has 0 aliphatic carbocycles. The first-order valence-corrected chi connectivity index (χ1v) is 10.6. The van der Waals surface area contributed by atoms with Gasteiger partial charge >= 0.3 is 5.97 Å². The lowest BCUT2D eigenvalue weighted by Gasteiger charge is -2.04. The van der Waals surface area contributed by atoms with Gasteiger partial charge in [0.2, 0.25) is 0 Å². The second-order valence-electron chi connectivity index (χ2n) is 7.89. The number of carbonyl (C=O) groups is 1. The summed E-state index contributed by atoms with van der Waals surface area (Å²) in [6.07, 6.45) is 18.7. The molecule has 0 bridgehead atoms. The van der Waals surface area contributed by atoms with Crippen LogP contribution < -0.4 is 0 Å². The van der Waals surface area contributed by atoms with E-state index in [1.54, 1.807) is 18.3 Å². The number of rotatable bonds is 12. The molecule has 0 N–H and O–H groups in total. The second kappa shape index (κ2) is 14.6. The molecule has 0 saturated heterocycles. The van der Waals surface area contributed by atoms with Crippen LogP contribution >= 0.6 is 0 Å². The number of pyridine rings is 1. The number of hydrogen-bond donors (Lipinski definition) is 0. The molecule has 0 amide bonds. The van der Waals surface area contributed by atoms with Gasteiger partial charge in [-0.1, -0.05) is 40.5 Å². The van der Waals surface area contributed by atoms with Gasteiger partial charge in [0, 0.05) is 12.4 Å². The fourth-order valence-corrected chi connectivity index (χ4v) is 2.81. The lowest BCUT2D eigenvalue weighted by molar-refractivity contribution is 0.0548. The predicted octanol–water partition coefficient (Wildman–Crippen LogP) is 7.38. The molecule has 0 spiro atoms. The van der Waals surface area contributed by atoms with E-state index in [1.807, 2.05) is 6.08 Å². The molecule has 3 heteroatoms. The molecule has 1 aromatic heterocycles. The van der Waals surface area contributed by atoms with Gasteiger partial charge in [0.25, 0.3) is 0 Å². The van der Waals surface area contributed by atoms with Gasteiger partial charge in [-0.3, -0.25) is 4.98 Å². The largest absolute Gasteiger partial charge is 0.458 e. The van der Waals surface area contributed by atoms with E-state index in [0.29, 0.717) is 12.2 Å². The Morgan fingerprint density at radius 1 is 0.862 bits per heavy atom. The third kappa shape index (κ3) is 12.6. The molecule has 1 aromatic rings. The van der Waals surface area contributed by atoms with Crippen molar-refractivity contribution in [1.82, 2.24) is 4.98 Å². The smallest absolute Gasteiger partial charge is 0.340 e. The summed E-state index contributed by atoms with van der Waals surface area (Å²) in [5.74, 6) is -0.331. The van der Waals surface area contributed by atoms with Gasteiger partial charge in [-0.05, 0) is 91.4 Å². The Bertz CT molecular complexity index is 735. The van der Waals surface area contributed by atoms with E-state index in [0.717, 1.165) is 38.5 Å². The molecule has 158 valence electrons. The summed E-state index contributed by atoms with van der Waals surface area (Å²) in [6.45, 7) is 11.1. The van der Waals surface area contributed by atoms with E-state index in [2.05, 4.69) is 57.8 Å². The first-order valence-electron chi connectivity index (χ1n) is 10.6. The Labute approximate surface area is 177 Å². The van der Waals surface area contributed by atoms with Gasteiger partial charge in [-0.25, -0.2) is 4.79 Å². The molecule has 29 heavy (non-hydrogen) atoms. The standard InChI is InChI=1S/C26H37NO2/c1-21(2)10-6-11-22(3)12-7-13-23(4)14-8-15-24(5)17-19-29-26(28)25-16-9-18-27-20-25/h9-10,12,14,16-18,20H,6-8,11,13,15,19H2,1-5H3. The molecule has 0 atom stereocenters. The molecule has 0 aliphatic heterocycles. The first-order chi connectivity index (χ1) is 13.9. The van der Waals surface area contributed by atoms with E-state index in [-0.39, 0.29) is 5.97 Å². The van der Waals surface area contributed by atoms with Crippen LogP contribution in [-0.2, 0) is 4.74 Å². The highest BCUT2D eigenvalue weighted by Crippen LogP contribution is 2.13. The highest BCUT2D eigenvalue weighted by Gasteiger charge is 2.05.